The number of hydrogen-bond acceptors (Lipinski definition) is 5. The molecule has 1 aromatic carbocycles. The zero-order chi connectivity index (χ0) is 15.0. The van der Waals surface area contributed by atoms with Crippen molar-refractivity contribution in [2.45, 2.75) is 0 Å². The number of nitrogens with two attached hydrogens (primary N) is 1. The number of aromatic nitrogens is 4. The Bertz CT molecular complexity index is 866. The van der Waals surface area contributed by atoms with Crippen molar-refractivity contribution in [2.75, 3.05) is 11.9 Å². The molecule has 3 N–H and O–H groups in total. The molecular formula is C13H12N6OS. The van der Waals surface area contributed by atoms with Crippen molar-refractivity contribution < 1.29 is 0 Å². The summed E-state index contributed by atoms with van der Waals surface area (Å²) < 4.78 is 1.22. The van der Waals surface area contributed by atoms with Gasteiger partial charge in [0, 0.05) is 18.3 Å². The Hall–Kier alpha value is -2.74. The van der Waals surface area contributed by atoms with Gasteiger partial charge in [-0.1, -0.05) is 12.2 Å². The standard InChI is InChI=1S/C13H12N6OS/c1-18(9-4-2-8(3-5-9)12(14)21)11-7-6-10-15-16-13(20)19(10)17-11/h2-7H,1H3,(H2,14,21)(H,16,20). The Labute approximate surface area is 125 Å². The number of anilines is 2. The summed E-state index contributed by atoms with van der Waals surface area (Å²) in [6, 6.07) is 11.0. The van der Waals surface area contributed by atoms with Crippen molar-refractivity contribution in [3.05, 3.63) is 52.4 Å². The molecule has 0 aliphatic rings. The summed E-state index contributed by atoms with van der Waals surface area (Å²) in [4.78, 5) is 13.8. The van der Waals surface area contributed by atoms with E-state index in [-0.39, 0.29) is 5.69 Å². The maximum Gasteiger partial charge on any atom is 0.364 e. The second-order valence-corrected chi connectivity index (χ2v) is 4.90. The van der Waals surface area contributed by atoms with Gasteiger partial charge in [-0.05, 0) is 36.4 Å². The smallest absolute Gasteiger partial charge is 0.364 e. The second-order valence-electron chi connectivity index (χ2n) is 4.46. The maximum atomic E-state index is 11.5. The number of nitrogens with zero attached hydrogens (tertiary/aromatic N) is 4. The number of rotatable bonds is 3. The minimum absolute atomic E-state index is 0.355. The van der Waals surface area contributed by atoms with Gasteiger partial charge < -0.3 is 10.6 Å². The molecule has 0 radical (unpaired) electrons. The fourth-order valence-electron chi connectivity index (χ4n) is 1.95. The first-order valence-corrected chi connectivity index (χ1v) is 6.55. The monoisotopic (exact) mass is 300 g/mol. The summed E-state index contributed by atoms with van der Waals surface area (Å²) in [6.45, 7) is 0. The molecule has 21 heavy (non-hydrogen) atoms. The lowest BCUT2D eigenvalue weighted by Gasteiger charge is -2.18. The summed E-state index contributed by atoms with van der Waals surface area (Å²) in [5.74, 6) is 0.620. The third kappa shape index (κ3) is 2.36. The van der Waals surface area contributed by atoms with E-state index in [4.69, 9.17) is 18.0 Å². The van der Waals surface area contributed by atoms with Gasteiger partial charge in [-0.2, -0.15) is 9.61 Å². The zero-order valence-electron chi connectivity index (χ0n) is 11.1. The molecule has 3 aromatic rings. The average molecular weight is 300 g/mol. The predicted octanol–water partition coefficient (Wildman–Crippen LogP) is 0.820. The SMILES string of the molecule is CN(c1ccc(C(N)=S)cc1)c1ccc2n[nH]c(=O)n2n1. The highest BCUT2D eigenvalue weighted by molar-refractivity contribution is 7.80. The van der Waals surface area contributed by atoms with E-state index in [1.807, 2.05) is 36.2 Å². The fourth-order valence-corrected chi connectivity index (χ4v) is 2.09. The molecule has 0 bridgehead atoms. The molecule has 0 fully saturated rings. The third-order valence-corrected chi connectivity index (χ3v) is 3.38. The molecule has 0 spiro atoms. The second kappa shape index (κ2) is 4.98. The predicted molar refractivity (Wildman–Crippen MR) is 84.0 cm³/mol. The van der Waals surface area contributed by atoms with Gasteiger partial charge in [-0.25, -0.2) is 9.89 Å². The molecule has 7 nitrogen and oxygen atoms in total. The first-order valence-electron chi connectivity index (χ1n) is 6.14. The van der Waals surface area contributed by atoms with Crippen molar-refractivity contribution in [3.8, 4) is 0 Å². The van der Waals surface area contributed by atoms with E-state index in [2.05, 4.69) is 15.3 Å². The fraction of sp³-hybridized carbons (Fsp3) is 0.0769. The van der Waals surface area contributed by atoms with E-state index < -0.39 is 0 Å². The van der Waals surface area contributed by atoms with Crippen LogP contribution in [0, 0.1) is 0 Å². The highest BCUT2D eigenvalue weighted by atomic mass is 32.1. The van der Waals surface area contributed by atoms with Crippen molar-refractivity contribution in [1.82, 2.24) is 19.8 Å². The van der Waals surface area contributed by atoms with Gasteiger partial charge in [0.05, 0.1) is 0 Å². The normalized spacial score (nSPS) is 10.7. The minimum atomic E-state index is -0.371. The molecule has 0 atom stereocenters. The summed E-state index contributed by atoms with van der Waals surface area (Å²) >= 11 is 4.93. The van der Waals surface area contributed by atoms with Crippen molar-refractivity contribution in [2.24, 2.45) is 5.73 Å². The van der Waals surface area contributed by atoms with E-state index in [9.17, 15) is 4.79 Å². The first-order chi connectivity index (χ1) is 10.1. The van der Waals surface area contributed by atoms with E-state index in [0.717, 1.165) is 11.3 Å². The van der Waals surface area contributed by atoms with Gasteiger partial charge in [0.25, 0.3) is 0 Å². The molecule has 106 valence electrons. The summed E-state index contributed by atoms with van der Waals surface area (Å²) in [5.41, 5.74) is 7.38. The number of hydrogen-bond donors (Lipinski definition) is 2. The van der Waals surface area contributed by atoms with Crippen molar-refractivity contribution in [1.29, 1.82) is 0 Å². The summed E-state index contributed by atoms with van der Waals surface area (Å²) in [5, 5.41) is 10.4. The molecule has 0 saturated heterocycles. The summed E-state index contributed by atoms with van der Waals surface area (Å²) in [6.07, 6.45) is 0. The Morgan fingerprint density at radius 1 is 1.29 bits per heavy atom. The average Bonchev–Trinajstić information content (AvgIpc) is 2.87. The van der Waals surface area contributed by atoms with E-state index in [1.165, 1.54) is 4.52 Å². The van der Waals surface area contributed by atoms with Crippen LogP contribution >= 0.6 is 12.2 Å². The summed E-state index contributed by atoms with van der Waals surface area (Å²) in [7, 11) is 1.86. The number of benzene rings is 1. The minimum Gasteiger partial charge on any atom is -0.389 e. The molecule has 0 amide bonds. The highest BCUT2D eigenvalue weighted by Gasteiger charge is 2.09. The van der Waals surface area contributed by atoms with Crippen molar-refractivity contribution >= 4 is 34.4 Å². The largest absolute Gasteiger partial charge is 0.389 e. The number of fused-ring (bicyclic) bond motifs is 1. The number of thiocarbonyl (C=S) groups is 1. The van der Waals surface area contributed by atoms with Crippen LogP contribution in [0.3, 0.4) is 0 Å². The van der Waals surface area contributed by atoms with Crippen LogP contribution in [0.25, 0.3) is 5.65 Å². The molecule has 3 rings (SSSR count). The number of nitrogens with one attached hydrogen (secondary N) is 1. The van der Waals surface area contributed by atoms with Crippen molar-refractivity contribution in [3.63, 3.8) is 0 Å². The van der Waals surface area contributed by atoms with Gasteiger partial charge >= 0.3 is 5.69 Å². The van der Waals surface area contributed by atoms with Crippen LogP contribution in [-0.2, 0) is 0 Å². The van der Waals surface area contributed by atoms with Crippen LogP contribution in [0.1, 0.15) is 5.56 Å². The van der Waals surface area contributed by atoms with Gasteiger partial charge in [0.15, 0.2) is 11.5 Å². The number of aromatic amines is 1. The Morgan fingerprint density at radius 2 is 2.00 bits per heavy atom. The Balaban J connectivity index is 1.99. The van der Waals surface area contributed by atoms with Gasteiger partial charge in [0.1, 0.15) is 4.99 Å². The molecule has 0 saturated carbocycles. The topological polar surface area (TPSA) is 92.3 Å². The zero-order valence-corrected chi connectivity index (χ0v) is 12.0. The first kappa shape index (κ1) is 13.3. The molecule has 0 unspecified atom stereocenters. The Kier molecular flexibility index (Phi) is 3.15. The quantitative estimate of drug-likeness (QED) is 0.696. The molecule has 2 heterocycles. The lowest BCUT2D eigenvalue weighted by atomic mass is 10.2. The van der Waals surface area contributed by atoms with E-state index in [1.54, 1.807) is 12.1 Å². The Morgan fingerprint density at radius 3 is 2.67 bits per heavy atom. The molecule has 8 heteroatoms. The van der Waals surface area contributed by atoms with Gasteiger partial charge in [-0.15, -0.1) is 5.10 Å². The highest BCUT2D eigenvalue weighted by Crippen LogP contribution is 2.21. The van der Waals surface area contributed by atoms with Gasteiger partial charge in [0.2, 0.25) is 0 Å². The lowest BCUT2D eigenvalue weighted by molar-refractivity contribution is 0.867. The van der Waals surface area contributed by atoms with Crippen LogP contribution < -0.4 is 16.3 Å². The van der Waals surface area contributed by atoms with Gasteiger partial charge in [-0.3, -0.25) is 0 Å². The van der Waals surface area contributed by atoms with Crippen LogP contribution in [0.15, 0.2) is 41.2 Å². The molecular weight excluding hydrogens is 288 g/mol. The molecule has 0 aliphatic carbocycles. The molecule has 2 aromatic heterocycles. The molecule has 0 aliphatic heterocycles. The third-order valence-electron chi connectivity index (χ3n) is 3.14. The van der Waals surface area contributed by atoms with E-state index >= 15 is 0 Å². The number of H-pyrrole nitrogens is 1. The van der Waals surface area contributed by atoms with Crippen LogP contribution in [0.2, 0.25) is 0 Å². The van der Waals surface area contributed by atoms with Crippen LogP contribution in [0.4, 0.5) is 11.5 Å². The van der Waals surface area contributed by atoms with Crippen LogP contribution in [0.5, 0.6) is 0 Å². The lowest BCUT2D eigenvalue weighted by Crippen LogP contribution is -2.17. The van der Waals surface area contributed by atoms with Crippen LogP contribution in [-0.4, -0.2) is 31.8 Å². The van der Waals surface area contributed by atoms with E-state index in [0.29, 0.717) is 16.5 Å². The maximum absolute atomic E-state index is 11.5.